The number of para-hydroxylation sites is 1. The summed E-state index contributed by atoms with van der Waals surface area (Å²) in [6, 6.07) is 18.0. The Labute approximate surface area is 193 Å². The molecule has 0 unspecified atom stereocenters. The Morgan fingerprint density at radius 2 is 1.88 bits per heavy atom. The van der Waals surface area contributed by atoms with E-state index in [1.54, 1.807) is 0 Å². The first-order chi connectivity index (χ1) is 15.7. The van der Waals surface area contributed by atoms with Crippen molar-refractivity contribution in [3.8, 4) is 11.4 Å². The van der Waals surface area contributed by atoms with Crippen LogP contribution in [0.2, 0.25) is 0 Å². The van der Waals surface area contributed by atoms with E-state index in [4.69, 9.17) is 4.74 Å². The zero-order valence-corrected chi connectivity index (χ0v) is 19.2. The van der Waals surface area contributed by atoms with Crippen molar-refractivity contribution in [1.82, 2.24) is 20.1 Å². The van der Waals surface area contributed by atoms with E-state index in [2.05, 4.69) is 25.0 Å². The van der Waals surface area contributed by atoms with Crippen molar-refractivity contribution in [3.05, 3.63) is 60.2 Å². The largest absolute Gasteiger partial charge is 0.492 e. The van der Waals surface area contributed by atoms with Gasteiger partial charge >= 0.3 is 0 Å². The summed E-state index contributed by atoms with van der Waals surface area (Å²) >= 11 is 1.40. The lowest BCUT2D eigenvalue weighted by Crippen LogP contribution is -2.32. The molecule has 0 saturated carbocycles. The molecular formula is C24H29N5O2S. The molecule has 3 aromatic rings. The Balaban J connectivity index is 1.34. The Hall–Kier alpha value is -3.00. The van der Waals surface area contributed by atoms with Crippen molar-refractivity contribution in [2.24, 2.45) is 0 Å². The Bertz CT molecular complexity index is 1020. The molecule has 1 aromatic heterocycles. The number of piperidine rings is 1. The number of aryl methyl sites for hydroxylation is 1. The van der Waals surface area contributed by atoms with E-state index in [1.807, 2.05) is 61.5 Å². The van der Waals surface area contributed by atoms with Gasteiger partial charge in [0.1, 0.15) is 12.4 Å². The number of nitrogens with zero attached hydrogens (tertiary/aromatic N) is 4. The number of hydrogen-bond donors (Lipinski definition) is 1. The van der Waals surface area contributed by atoms with Gasteiger partial charge in [-0.2, -0.15) is 0 Å². The molecule has 2 heterocycles. The molecule has 168 valence electrons. The summed E-state index contributed by atoms with van der Waals surface area (Å²) in [6.45, 7) is 4.88. The van der Waals surface area contributed by atoms with Crippen molar-refractivity contribution in [1.29, 1.82) is 0 Å². The maximum Gasteiger partial charge on any atom is 0.232 e. The standard InChI is InChI=1S/C24H29N5O2S/c1-19-9-8-12-21(17-19)31-16-13-25-22(30)18-32-24-27-26-23(28-14-6-3-7-15-28)29(24)20-10-4-2-5-11-20/h2,4-5,8-12,17H,3,6-7,13-16,18H2,1H3,(H,25,30). The average Bonchev–Trinajstić information content (AvgIpc) is 3.26. The van der Waals surface area contributed by atoms with Gasteiger partial charge in [-0.3, -0.25) is 9.36 Å². The number of nitrogens with one attached hydrogen (secondary N) is 1. The van der Waals surface area contributed by atoms with Crippen LogP contribution < -0.4 is 15.0 Å². The van der Waals surface area contributed by atoms with E-state index in [-0.39, 0.29) is 11.7 Å². The minimum Gasteiger partial charge on any atom is -0.492 e. The Morgan fingerprint density at radius 1 is 1.06 bits per heavy atom. The average molecular weight is 452 g/mol. The van der Waals surface area contributed by atoms with Gasteiger partial charge in [0, 0.05) is 13.1 Å². The van der Waals surface area contributed by atoms with Crippen LogP contribution in [0.25, 0.3) is 5.69 Å². The van der Waals surface area contributed by atoms with E-state index in [1.165, 1.54) is 18.2 Å². The Morgan fingerprint density at radius 3 is 2.66 bits per heavy atom. The molecule has 1 aliphatic rings. The molecule has 0 radical (unpaired) electrons. The van der Waals surface area contributed by atoms with Crippen LogP contribution in [0.3, 0.4) is 0 Å². The molecule has 0 aliphatic carbocycles. The molecule has 1 N–H and O–H groups in total. The van der Waals surface area contributed by atoms with Crippen LogP contribution in [0.1, 0.15) is 24.8 Å². The number of ether oxygens (including phenoxy) is 1. The first-order valence-electron chi connectivity index (χ1n) is 11.1. The molecule has 1 amide bonds. The van der Waals surface area contributed by atoms with Crippen LogP contribution in [-0.2, 0) is 4.79 Å². The van der Waals surface area contributed by atoms with E-state index >= 15 is 0 Å². The predicted molar refractivity (Wildman–Crippen MR) is 128 cm³/mol. The van der Waals surface area contributed by atoms with Crippen LogP contribution in [0.4, 0.5) is 5.95 Å². The van der Waals surface area contributed by atoms with Gasteiger partial charge in [0.15, 0.2) is 5.16 Å². The van der Waals surface area contributed by atoms with E-state index < -0.39 is 0 Å². The number of amides is 1. The molecule has 2 aromatic carbocycles. The first kappa shape index (κ1) is 22.2. The number of carbonyl (C=O) groups is 1. The van der Waals surface area contributed by atoms with Crippen molar-refractivity contribution in [3.63, 3.8) is 0 Å². The van der Waals surface area contributed by atoms with E-state index in [0.717, 1.165) is 54.0 Å². The lowest BCUT2D eigenvalue weighted by atomic mass is 10.1. The van der Waals surface area contributed by atoms with Crippen molar-refractivity contribution in [2.75, 3.05) is 36.9 Å². The molecule has 32 heavy (non-hydrogen) atoms. The quantitative estimate of drug-likeness (QED) is 0.394. The lowest BCUT2D eigenvalue weighted by molar-refractivity contribution is -0.118. The lowest BCUT2D eigenvalue weighted by Gasteiger charge is -2.27. The molecule has 1 saturated heterocycles. The number of thioether (sulfide) groups is 1. The summed E-state index contributed by atoms with van der Waals surface area (Å²) in [5.41, 5.74) is 2.15. The molecule has 1 fully saturated rings. The highest BCUT2D eigenvalue weighted by atomic mass is 32.2. The molecule has 1 aliphatic heterocycles. The van der Waals surface area contributed by atoms with Gasteiger partial charge in [0.05, 0.1) is 18.0 Å². The SMILES string of the molecule is Cc1cccc(OCCNC(=O)CSc2nnc(N3CCCCC3)n2-c2ccccc2)c1. The molecule has 7 nitrogen and oxygen atoms in total. The van der Waals surface area contributed by atoms with Gasteiger partial charge in [0.2, 0.25) is 11.9 Å². The van der Waals surface area contributed by atoms with Gasteiger partial charge in [-0.25, -0.2) is 0 Å². The van der Waals surface area contributed by atoms with Crippen molar-refractivity contribution >= 4 is 23.6 Å². The summed E-state index contributed by atoms with van der Waals surface area (Å²) in [7, 11) is 0. The second kappa shape index (κ2) is 11.0. The van der Waals surface area contributed by atoms with Gasteiger partial charge in [-0.15, -0.1) is 10.2 Å². The predicted octanol–water partition coefficient (Wildman–Crippen LogP) is 3.85. The molecule has 4 rings (SSSR count). The number of hydrogen-bond acceptors (Lipinski definition) is 6. The normalized spacial score (nSPS) is 13.7. The topological polar surface area (TPSA) is 72.3 Å². The minimum absolute atomic E-state index is 0.0509. The van der Waals surface area contributed by atoms with Crippen LogP contribution in [0, 0.1) is 6.92 Å². The first-order valence-corrected chi connectivity index (χ1v) is 12.0. The zero-order valence-electron chi connectivity index (χ0n) is 18.4. The third kappa shape index (κ3) is 5.82. The monoisotopic (exact) mass is 451 g/mol. The van der Waals surface area contributed by atoms with Gasteiger partial charge in [0.25, 0.3) is 0 Å². The van der Waals surface area contributed by atoms with Gasteiger partial charge < -0.3 is 15.0 Å². The number of aromatic nitrogens is 3. The van der Waals surface area contributed by atoms with Crippen LogP contribution >= 0.6 is 11.8 Å². The summed E-state index contributed by atoms with van der Waals surface area (Å²) < 4.78 is 7.75. The number of carbonyl (C=O) groups excluding carboxylic acids is 1. The highest BCUT2D eigenvalue weighted by molar-refractivity contribution is 7.99. The van der Waals surface area contributed by atoms with Crippen molar-refractivity contribution < 1.29 is 9.53 Å². The fraction of sp³-hybridized carbons (Fsp3) is 0.375. The summed E-state index contributed by atoms with van der Waals surface area (Å²) in [5, 5.41) is 12.5. The van der Waals surface area contributed by atoms with Crippen LogP contribution in [-0.4, -0.2) is 52.7 Å². The number of anilines is 1. The van der Waals surface area contributed by atoms with E-state index in [9.17, 15) is 4.79 Å². The fourth-order valence-electron chi connectivity index (χ4n) is 3.70. The van der Waals surface area contributed by atoms with Gasteiger partial charge in [-0.05, 0) is 56.0 Å². The molecule has 0 bridgehead atoms. The zero-order chi connectivity index (χ0) is 22.2. The Kier molecular flexibility index (Phi) is 7.66. The second-order valence-electron chi connectivity index (χ2n) is 7.80. The maximum atomic E-state index is 12.4. The molecule has 8 heteroatoms. The van der Waals surface area contributed by atoms with E-state index in [0.29, 0.717) is 13.2 Å². The summed E-state index contributed by atoms with van der Waals surface area (Å²) in [6.07, 6.45) is 3.58. The van der Waals surface area contributed by atoms with Crippen LogP contribution in [0.15, 0.2) is 59.8 Å². The smallest absolute Gasteiger partial charge is 0.232 e. The summed E-state index contributed by atoms with van der Waals surface area (Å²) in [5.74, 6) is 1.89. The highest BCUT2D eigenvalue weighted by Gasteiger charge is 2.21. The second-order valence-corrected chi connectivity index (χ2v) is 8.75. The summed E-state index contributed by atoms with van der Waals surface area (Å²) in [4.78, 5) is 14.7. The third-order valence-corrected chi connectivity index (χ3v) is 6.21. The molecule has 0 spiro atoms. The molecular weight excluding hydrogens is 422 g/mol. The number of rotatable bonds is 9. The maximum absolute atomic E-state index is 12.4. The number of benzene rings is 2. The van der Waals surface area contributed by atoms with Gasteiger partial charge in [-0.1, -0.05) is 42.1 Å². The minimum atomic E-state index is -0.0509. The highest BCUT2D eigenvalue weighted by Crippen LogP contribution is 2.28. The van der Waals surface area contributed by atoms with Crippen molar-refractivity contribution in [2.45, 2.75) is 31.3 Å². The molecule has 0 atom stereocenters. The fourth-order valence-corrected chi connectivity index (χ4v) is 4.48. The van der Waals surface area contributed by atoms with Crippen LogP contribution in [0.5, 0.6) is 5.75 Å². The third-order valence-electron chi connectivity index (χ3n) is 5.28.